The van der Waals surface area contributed by atoms with E-state index in [-0.39, 0.29) is 5.91 Å². The molecule has 2 aliphatic heterocycles. The van der Waals surface area contributed by atoms with Crippen LogP contribution < -0.4 is 4.74 Å². The van der Waals surface area contributed by atoms with Gasteiger partial charge in [-0.2, -0.15) is 0 Å². The summed E-state index contributed by atoms with van der Waals surface area (Å²) in [6.45, 7) is 6.82. The predicted octanol–water partition coefficient (Wildman–Crippen LogP) is 3.90. The SMILES string of the molecule is CC1C(=O)N(CCCN2CCCCC2)CCN1C(=O)Oc1ccc(Cl)c(Cl)c1. The zero-order chi connectivity index (χ0) is 20.1. The molecule has 2 saturated heterocycles. The number of carbonyl (C=O) groups is 2. The fourth-order valence-corrected chi connectivity index (χ4v) is 4.06. The number of hydrogen-bond donors (Lipinski definition) is 0. The van der Waals surface area contributed by atoms with Crippen LogP contribution in [0.4, 0.5) is 4.79 Å². The summed E-state index contributed by atoms with van der Waals surface area (Å²) < 4.78 is 5.37. The molecule has 0 aliphatic carbocycles. The molecule has 2 heterocycles. The van der Waals surface area contributed by atoms with E-state index in [4.69, 9.17) is 27.9 Å². The molecule has 6 nitrogen and oxygen atoms in total. The molecule has 2 aliphatic rings. The standard InChI is InChI=1S/C20H27Cl2N3O3/c1-15-19(26)24(11-5-10-23-8-3-2-4-9-23)12-13-25(15)20(27)28-16-6-7-17(21)18(22)14-16/h6-7,14-15H,2-5,8-13H2,1H3. The van der Waals surface area contributed by atoms with Gasteiger partial charge in [0.25, 0.3) is 0 Å². The van der Waals surface area contributed by atoms with E-state index < -0.39 is 12.1 Å². The molecule has 2 fully saturated rings. The van der Waals surface area contributed by atoms with Crippen LogP contribution in [-0.4, -0.2) is 72.0 Å². The van der Waals surface area contributed by atoms with Crippen LogP contribution >= 0.6 is 23.2 Å². The molecule has 1 aromatic carbocycles. The third-order valence-electron chi connectivity index (χ3n) is 5.43. The summed E-state index contributed by atoms with van der Waals surface area (Å²) in [5.41, 5.74) is 0. The van der Waals surface area contributed by atoms with Crippen molar-refractivity contribution in [3.63, 3.8) is 0 Å². The van der Waals surface area contributed by atoms with Crippen LogP contribution in [0.15, 0.2) is 18.2 Å². The van der Waals surface area contributed by atoms with Crippen LogP contribution in [0.1, 0.15) is 32.6 Å². The molecule has 0 N–H and O–H groups in total. The highest BCUT2D eigenvalue weighted by molar-refractivity contribution is 6.42. The van der Waals surface area contributed by atoms with Crippen molar-refractivity contribution in [2.24, 2.45) is 0 Å². The lowest BCUT2D eigenvalue weighted by atomic mass is 10.1. The van der Waals surface area contributed by atoms with Crippen LogP contribution in [0.5, 0.6) is 5.75 Å². The largest absolute Gasteiger partial charge is 0.415 e. The maximum atomic E-state index is 12.7. The Morgan fingerprint density at radius 1 is 1.07 bits per heavy atom. The zero-order valence-electron chi connectivity index (χ0n) is 16.2. The molecule has 0 saturated carbocycles. The van der Waals surface area contributed by atoms with Gasteiger partial charge in [-0.15, -0.1) is 0 Å². The van der Waals surface area contributed by atoms with Gasteiger partial charge in [0.15, 0.2) is 0 Å². The molecule has 0 spiro atoms. The highest BCUT2D eigenvalue weighted by atomic mass is 35.5. The summed E-state index contributed by atoms with van der Waals surface area (Å²) in [4.78, 5) is 31.0. The Kier molecular flexibility index (Phi) is 7.43. The second-order valence-corrected chi connectivity index (χ2v) is 8.21. The summed E-state index contributed by atoms with van der Waals surface area (Å²) in [5, 5.41) is 0.706. The lowest BCUT2D eigenvalue weighted by Crippen LogP contribution is -2.58. The number of piperidine rings is 1. The fourth-order valence-electron chi connectivity index (χ4n) is 3.77. The Labute approximate surface area is 176 Å². The summed E-state index contributed by atoms with van der Waals surface area (Å²) >= 11 is 11.8. The van der Waals surface area contributed by atoms with Crippen LogP contribution in [0.25, 0.3) is 0 Å². The van der Waals surface area contributed by atoms with Gasteiger partial charge in [0, 0.05) is 25.7 Å². The maximum absolute atomic E-state index is 12.7. The summed E-state index contributed by atoms with van der Waals surface area (Å²) in [6.07, 6.45) is 4.29. The van der Waals surface area contributed by atoms with E-state index in [1.54, 1.807) is 19.1 Å². The first-order valence-electron chi connectivity index (χ1n) is 9.90. The molecular weight excluding hydrogens is 401 g/mol. The van der Waals surface area contributed by atoms with Gasteiger partial charge in [0.05, 0.1) is 10.0 Å². The number of amides is 2. The summed E-state index contributed by atoms with van der Waals surface area (Å²) in [5.74, 6) is 0.277. The molecule has 1 unspecified atom stereocenters. The van der Waals surface area contributed by atoms with E-state index in [0.29, 0.717) is 28.9 Å². The maximum Gasteiger partial charge on any atom is 0.415 e. The third kappa shape index (κ3) is 5.31. The quantitative estimate of drug-likeness (QED) is 0.714. The van der Waals surface area contributed by atoms with Crippen molar-refractivity contribution >= 4 is 35.2 Å². The average molecular weight is 428 g/mol. The molecule has 2 amide bonds. The van der Waals surface area contributed by atoms with Crippen molar-refractivity contribution in [2.45, 2.75) is 38.6 Å². The monoisotopic (exact) mass is 427 g/mol. The van der Waals surface area contributed by atoms with Crippen LogP contribution in [0.2, 0.25) is 10.0 Å². The molecule has 0 radical (unpaired) electrons. The van der Waals surface area contributed by atoms with Gasteiger partial charge in [0.1, 0.15) is 11.8 Å². The Bertz CT molecular complexity index is 710. The molecule has 8 heteroatoms. The number of benzene rings is 1. The second-order valence-electron chi connectivity index (χ2n) is 7.39. The lowest BCUT2D eigenvalue weighted by Gasteiger charge is -2.38. The van der Waals surface area contributed by atoms with Gasteiger partial charge in [0.2, 0.25) is 5.91 Å². The smallest absolute Gasteiger partial charge is 0.410 e. The Morgan fingerprint density at radius 2 is 1.82 bits per heavy atom. The van der Waals surface area contributed by atoms with E-state index in [0.717, 1.165) is 19.5 Å². The number of hydrogen-bond acceptors (Lipinski definition) is 4. The number of piperazine rings is 1. The molecule has 1 aromatic rings. The molecular formula is C20H27Cl2N3O3. The normalized spacial score (nSPS) is 21.1. The van der Waals surface area contributed by atoms with Crippen molar-refractivity contribution in [1.82, 2.24) is 14.7 Å². The number of halogens is 2. The number of likely N-dealkylation sites (tertiary alicyclic amines) is 1. The fraction of sp³-hybridized carbons (Fsp3) is 0.600. The Hall–Kier alpha value is -1.50. The summed E-state index contributed by atoms with van der Waals surface area (Å²) in [7, 11) is 0. The number of ether oxygens (including phenoxy) is 1. The zero-order valence-corrected chi connectivity index (χ0v) is 17.7. The van der Waals surface area contributed by atoms with E-state index in [1.807, 2.05) is 4.90 Å². The Morgan fingerprint density at radius 3 is 2.54 bits per heavy atom. The van der Waals surface area contributed by atoms with Gasteiger partial charge in [-0.05, 0) is 58.0 Å². The van der Waals surface area contributed by atoms with Crippen molar-refractivity contribution in [1.29, 1.82) is 0 Å². The third-order valence-corrected chi connectivity index (χ3v) is 6.17. The van der Waals surface area contributed by atoms with Crippen molar-refractivity contribution in [2.75, 3.05) is 39.3 Å². The first-order valence-corrected chi connectivity index (χ1v) is 10.7. The van der Waals surface area contributed by atoms with E-state index in [9.17, 15) is 9.59 Å². The number of nitrogens with zero attached hydrogens (tertiary/aromatic N) is 3. The van der Waals surface area contributed by atoms with Crippen LogP contribution in [0.3, 0.4) is 0 Å². The van der Waals surface area contributed by atoms with Gasteiger partial charge in [-0.1, -0.05) is 29.6 Å². The molecule has 28 heavy (non-hydrogen) atoms. The molecule has 0 aromatic heterocycles. The highest BCUT2D eigenvalue weighted by Crippen LogP contribution is 2.27. The van der Waals surface area contributed by atoms with Crippen LogP contribution in [0, 0.1) is 0 Å². The summed E-state index contributed by atoms with van der Waals surface area (Å²) in [6, 6.07) is 4.10. The van der Waals surface area contributed by atoms with E-state index in [1.165, 1.54) is 43.3 Å². The predicted molar refractivity (Wildman–Crippen MR) is 110 cm³/mol. The average Bonchev–Trinajstić information content (AvgIpc) is 2.69. The molecule has 3 rings (SSSR count). The van der Waals surface area contributed by atoms with E-state index >= 15 is 0 Å². The van der Waals surface area contributed by atoms with Crippen molar-refractivity contribution in [3.8, 4) is 5.75 Å². The molecule has 154 valence electrons. The first-order chi connectivity index (χ1) is 13.5. The first kappa shape index (κ1) is 21.2. The number of rotatable bonds is 5. The highest BCUT2D eigenvalue weighted by Gasteiger charge is 2.35. The second kappa shape index (κ2) is 9.81. The van der Waals surface area contributed by atoms with E-state index in [2.05, 4.69) is 4.90 Å². The number of carbonyl (C=O) groups excluding carboxylic acids is 2. The lowest BCUT2D eigenvalue weighted by molar-refractivity contribution is -0.139. The van der Waals surface area contributed by atoms with Crippen molar-refractivity contribution < 1.29 is 14.3 Å². The topological polar surface area (TPSA) is 53.1 Å². The van der Waals surface area contributed by atoms with Crippen molar-refractivity contribution in [3.05, 3.63) is 28.2 Å². The van der Waals surface area contributed by atoms with Gasteiger partial charge in [-0.25, -0.2) is 4.79 Å². The van der Waals surface area contributed by atoms with Gasteiger partial charge < -0.3 is 14.5 Å². The molecule has 0 bridgehead atoms. The minimum atomic E-state index is -0.549. The molecule has 1 atom stereocenters. The Balaban J connectivity index is 1.48. The minimum absolute atomic E-state index is 0.0315. The van der Waals surface area contributed by atoms with Gasteiger partial charge in [-0.3, -0.25) is 9.69 Å². The van der Waals surface area contributed by atoms with Crippen LogP contribution in [-0.2, 0) is 4.79 Å². The van der Waals surface area contributed by atoms with Gasteiger partial charge >= 0.3 is 6.09 Å². The minimum Gasteiger partial charge on any atom is -0.410 e.